The molecule has 2 aromatic heterocycles. The van der Waals surface area contributed by atoms with Crippen LogP contribution in [-0.4, -0.2) is 22.4 Å². The molecule has 4 rings (SSSR count). The van der Waals surface area contributed by atoms with Gasteiger partial charge < -0.3 is 10.1 Å². The van der Waals surface area contributed by atoms with E-state index in [2.05, 4.69) is 16.4 Å². The number of amides is 1. The minimum absolute atomic E-state index is 0.0358. The van der Waals surface area contributed by atoms with Crippen molar-refractivity contribution in [2.75, 3.05) is 12.4 Å². The summed E-state index contributed by atoms with van der Waals surface area (Å²) in [5.74, 6) is 0.778. The van der Waals surface area contributed by atoms with Crippen molar-refractivity contribution >= 4 is 27.9 Å². The number of methoxy groups -OCH3 is 1. The third-order valence-corrected chi connectivity index (χ3v) is 5.56. The predicted octanol–water partition coefficient (Wildman–Crippen LogP) is 4.87. The Morgan fingerprint density at radius 1 is 1.18 bits per heavy atom. The van der Waals surface area contributed by atoms with Crippen LogP contribution in [0.2, 0.25) is 0 Å². The van der Waals surface area contributed by atoms with Crippen molar-refractivity contribution in [1.82, 2.24) is 9.38 Å². The van der Waals surface area contributed by atoms with Crippen molar-refractivity contribution < 1.29 is 9.53 Å². The first-order valence-corrected chi connectivity index (χ1v) is 9.88. The van der Waals surface area contributed by atoms with Gasteiger partial charge in [0.1, 0.15) is 5.75 Å². The molecule has 0 unspecified atom stereocenters. The average molecular weight is 391 g/mol. The fraction of sp³-hybridized carbons (Fsp3) is 0.182. The van der Waals surface area contributed by atoms with Gasteiger partial charge in [0.15, 0.2) is 4.96 Å². The Bertz CT molecular complexity index is 1140. The van der Waals surface area contributed by atoms with Crippen LogP contribution in [-0.2, 0) is 11.2 Å². The summed E-state index contributed by atoms with van der Waals surface area (Å²) in [7, 11) is 1.65. The zero-order valence-corrected chi connectivity index (χ0v) is 16.8. The Kier molecular flexibility index (Phi) is 4.88. The summed E-state index contributed by atoms with van der Waals surface area (Å²) in [4.78, 5) is 18.1. The average Bonchev–Trinajstić information content (AvgIpc) is 3.26. The summed E-state index contributed by atoms with van der Waals surface area (Å²) in [5.41, 5.74) is 5.92. The van der Waals surface area contributed by atoms with Crippen LogP contribution in [0.1, 0.15) is 16.8 Å². The monoisotopic (exact) mass is 391 g/mol. The van der Waals surface area contributed by atoms with Gasteiger partial charge in [-0.2, -0.15) is 0 Å². The van der Waals surface area contributed by atoms with E-state index in [1.807, 2.05) is 66.2 Å². The normalized spacial score (nSPS) is 11.0. The van der Waals surface area contributed by atoms with Crippen LogP contribution in [0, 0.1) is 13.8 Å². The maximum atomic E-state index is 12.6. The van der Waals surface area contributed by atoms with Crippen LogP contribution in [0.5, 0.6) is 5.75 Å². The molecule has 2 aromatic carbocycles. The van der Waals surface area contributed by atoms with Crippen molar-refractivity contribution in [3.8, 4) is 17.0 Å². The molecule has 0 saturated carbocycles. The number of aromatic nitrogens is 2. The van der Waals surface area contributed by atoms with Crippen LogP contribution in [0.25, 0.3) is 16.2 Å². The largest absolute Gasteiger partial charge is 0.497 e. The second kappa shape index (κ2) is 7.48. The van der Waals surface area contributed by atoms with Gasteiger partial charge in [-0.05, 0) is 49.7 Å². The number of carbonyl (C=O) groups excluding carboxylic acids is 1. The highest BCUT2D eigenvalue weighted by Gasteiger charge is 2.13. The van der Waals surface area contributed by atoms with Gasteiger partial charge in [0.25, 0.3) is 0 Å². The number of ether oxygens (including phenoxy) is 1. The van der Waals surface area contributed by atoms with E-state index in [0.717, 1.165) is 38.9 Å². The standard InChI is InChI=1S/C22H21N3O2S/c1-14-4-9-19(15(2)10-14)23-21(26)11-17-13-28-22-24-20(12-25(17)22)16-5-7-18(27-3)8-6-16/h4-10,12-13H,11H2,1-3H3,(H,23,26). The summed E-state index contributed by atoms with van der Waals surface area (Å²) in [5, 5.41) is 5.00. The lowest BCUT2D eigenvalue weighted by Gasteiger charge is -2.09. The fourth-order valence-corrected chi connectivity index (χ4v) is 4.04. The van der Waals surface area contributed by atoms with E-state index < -0.39 is 0 Å². The second-order valence-electron chi connectivity index (χ2n) is 6.78. The third-order valence-electron chi connectivity index (χ3n) is 4.67. The number of fused-ring (bicyclic) bond motifs is 1. The molecule has 6 heteroatoms. The number of hydrogen-bond donors (Lipinski definition) is 1. The van der Waals surface area contributed by atoms with Gasteiger partial charge in [0, 0.05) is 28.5 Å². The Morgan fingerprint density at radius 3 is 2.68 bits per heavy atom. The Labute approximate surface area is 167 Å². The maximum Gasteiger partial charge on any atom is 0.230 e. The molecule has 0 aliphatic heterocycles. The van der Waals surface area contributed by atoms with E-state index in [1.165, 1.54) is 16.9 Å². The van der Waals surface area contributed by atoms with Gasteiger partial charge in [-0.3, -0.25) is 9.20 Å². The van der Waals surface area contributed by atoms with E-state index in [4.69, 9.17) is 4.74 Å². The first-order chi connectivity index (χ1) is 13.5. The van der Waals surface area contributed by atoms with Crippen LogP contribution in [0.3, 0.4) is 0 Å². The van der Waals surface area contributed by atoms with E-state index in [9.17, 15) is 4.79 Å². The minimum atomic E-state index is -0.0358. The van der Waals surface area contributed by atoms with Gasteiger partial charge in [0.2, 0.25) is 5.91 Å². The number of anilines is 1. The summed E-state index contributed by atoms with van der Waals surface area (Å²) >= 11 is 1.54. The zero-order valence-electron chi connectivity index (χ0n) is 16.0. The molecule has 4 aromatic rings. The lowest BCUT2D eigenvalue weighted by Crippen LogP contribution is -2.16. The molecule has 1 N–H and O–H groups in total. The molecular formula is C22H21N3O2S. The van der Waals surface area contributed by atoms with Gasteiger partial charge in [-0.15, -0.1) is 11.3 Å². The number of nitrogens with zero attached hydrogens (tertiary/aromatic N) is 2. The molecule has 0 aliphatic carbocycles. The number of aryl methyl sites for hydroxylation is 2. The highest BCUT2D eigenvalue weighted by molar-refractivity contribution is 7.15. The number of imidazole rings is 1. The third kappa shape index (κ3) is 3.64. The second-order valence-corrected chi connectivity index (χ2v) is 7.61. The number of hydrogen-bond acceptors (Lipinski definition) is 4. The van der Waals surface area contributed by atoms with E-state index in [1.54, 1.807) is 7.11 Å². The van der Waals surface area contributed by atoms with E-state index in [0.29, 0.717) is 6.42 Å². The molecule has 0 atom stereocenters. The molecule has 0 radical (unpaired) electrons. The fourth-order valence-electron chi connectivity index (χ4n) is 3.17. The quantitative estimate of drug-likeness (QED) is 0.528. The highest BCUT2D eigenvalue weighted by Crippen LogP contribution is 2.26. The van der Waals surface area contributed by atoms with Crippen LogP contribution < -0.4 is 10.1 Å². The summed E-state index contributed by atoms with van der Waals surface area (Å²) < 4.78 is 7.20. The van der Waals surface area contributed by atoms with Crippen molar-refractivity contribution in [2.45, 2.75) is 20.3 Å². The van der Waals surface area contributed by atoms with Crippen molar-refractivity contribution in [1.29, 1.82) is 0 Å². The molecule has 5 nitrogen and oxygen atoms in total. The molecule has 0 spiro atoms. The Hall–Kier alpha value is -3.12. The highest BCUT2D eigenvalue weighted by atomic mass is 32.1. The van der Waals surface area contributed by atoms with E-state index in [-0.39, 0.29) is 5.91 Å². The van der Waals surface area contributed by atoms with E-state index >= 15 is 0 Å². The zero-order chi connectivity index (χ0) is 19.7. The summed E-state index contributed by atoms with van der Waals surface area (Å²) in [6.45, 7) is 4.04. The smallest absolute Gasteiger partial charge is 0.230 e. The number of thiazole rings is 1. The summed E-state index contributed by atoms with van der Waals surface area (Å²) in [6.07, 6.45) is 2.28. The van der Waals surface area contributed by atoms with Crippen LogP contribution in [0.4, 0.5) is 5.69 Å². The number of nitrogens with one attached hydrogen (secondary N) is 1. The molecule has 1 amide bonds. The maximum absolute atomic E-state index is 12.6. The first kappa shape index (κ1) is 18.3. The molecule has 2 heterocycles. The number of benzene rings is 2. The van der Waals surface area contributed by atoms with Gasteiger partial charge in [-0.1, -0.05) is 17.7 Å². The number of rotatable bonds is 5. The molecular weight excluding hydrogens is 370 g/mol. The predicted molar refractivity (Wildman–Crippen MR) is 113 cm³/mol. The lowest BCUT2D eigenvalue weighted by molar-refractivity contribution is -0.115. The topological polar surface area (TPSA) is 55.6 Å². The summed E-state index contributed by atoms with van der Waals surface area (Å²) in [6, 6.07) is 13.8. The lowest BCUT2D eigenvalue weighted by atomic mass is 10.1. The van der Waals surface area contributed by atoms with Crippen molar-refractivity contribution in [3.63, 3.8) is 0 Å². The Balaban J connectivity index is 1.54. The molecule has 0 saturated heterocycles. The van der Waals surface area contributed by atoms with Gasteiger partial charge in [0.05, 0.1) is 19.2 Å². The van der Waals surface area contributed by atoms with Crippen molar-refractivity contribution in [2.24, 2.45) is 0 Å². The molecule has 142 valence electrons. The van der Waals surface area contributed by atoms with Crippen LogP contribution >= 0.6 is 11.3 Å². The first-order valence-electron chi connectivity index (χ1n) is 9.00. The molecule has 0 aliphatic rings. The van der Waals surface area contributed by atoms with Crippen molar-refractivity contribution in [3.05, 3.63) is 70.9 Å². The number of carbonyl (C=O) groups is 1. The minimum Gasteiger partial charge on any atom is -0.497 e. The molecule has 0 fully saturated rings. The Morgan fingerprint density at radius 2 is 1.96 bits per heavy atom. The molecule has 28 heavy (non-hydrogen) atoms. The van der Waals surface area contributed by atoms with Gasteiger partial charge in [-0.25, -0.2) is 4.98 Å². The van der Waals surface area contributed by atoms with Crippen LogP contribution in [0.15, 0.2) is 54.0 Å². The molecule has 0 bridgehead atoms. The van der Waals surface area contributed by atoms with Gasteiger partial charge >= 0.3 is 0 Å². The SMILES string of the molecule is COc1ccc(-c2cn3c(CC(=O)Nc4ccc(C)cc4C)csc3n2)cc1.